The van der Waals surface area contributed by atoms with Crippen molar-refractivity contribution < 1.29 is 32.5 Å². The Hall–Kier alpha value is -2.03. The first kappa shape index (κ1) is 20.0. The van der Waals surface area contributed by atoms with Gasteiger partial charge in [-0.15, -0.1) is 0 Å². The van der Waals surface area contributed by atoms with Gasteiger partial charge < -0.3 is 14.6 Å². The van der Waals surface area contributed by atoms with Crippen LogP contribution in [0.15, 0.2) is 18.3 Å². The van der Waals surface area contributed by atoms with E-state index in [1.54, 1.807) is 20.8 Å². The number of carboxylic acid groups (broad SMARTS) is 1. The van der Waals surface area contributed by atoms with E-state index in [1.165, 1.54) is 30.3 Å². The lowest BCUT2D eigenvalue weighted by Gasteiger charge is -2.39. The maximum atomic E-state index is 12.1. The number of carbonyl (C=O) groups is 1. The van der Waals surface area contributed by atoms with Crippen LogP contribution in [0.3, 0.4) is 0 Å². The van der Waals surface area contributed by atoms with Gasteiger partial charge in [0.15, 0.2) is 6.61 Å². The number of ether oxygens (including phenoxy) is 2. The van der Waals surface area contributed by atoms with Gasteiger partial charge in [-0.25, -0.2) is 9.78 Å². The number of methoxy groups -OCH3 is 1. The fourth-order valence-corrected chi connectivity index (χ4v) is 2.20. The highest BCUT2D eigenvalue weighted by Gasteiger charge is 2.34. The van der Waals surface area contributed by atoms with Gasteiger partial charge in [0.25, 0.3) is 0 Å². The Balaban J connectivity index is 3.02. The van der Waals surface area contributed by atoms with Gasteiger partial charge in [0.2, 0.25) is 5.88 Å². The van der Waals surface area contributed by atoms with Crippen LogP contribution in [0, 0.1) is 0 Å². The molecule has 1 N–H and O–H groups in total. The molecule has 0 spiro atoms. The number of hydrogen-bond acceptors (Lipinski definition) is 4. The van der Waals surface area contributed by atoms with Gasteiger partial charge in [0.05, 0.1) is 12.6 Å². The SMILES string of the molecule is COCC(c1ccc(OCC(F)(F)F)nc1)N(C(=O)O)C(C)(C)C. The van der Waals surface area contributed by atoms with E-state index in [-0.39, 0.29) is 12.5 Å². The monoisotopic (exact) mass is 350 g/mol. The Morgan fingerprint density at radius 3 is 2.33 bits per heavy atom. The molecule has 1 rings (SSSR count). The van der Waals surface area contributed by atoms with E-state index in [9.17, 15) is 23.1 Å². The van der Waals surface area contributed by atoms with E-state index in [0.29, 0.717) is 5.56 Å². The van der Waals surface area contributed by atoms with Gasteiger partial charge in [-0.3, -0.25) is 4.90 Å². The molecule has 1 unspecified atom stereocenters. The highest BCUT2D eigenvalue weighted by atomic mass is 19.4. The molecule has 0 aliphatic heterocycles. The molecule has 1 aromatic rings. The summed E-state index contributed by atoms with van der Waals surface area (Å²) >= 11 is 0. The van der Waals surface area contributed by atoms with Gasteiger partial charge in [0.1, 0.15) is 0 Å². The maximum Gasteiger partial charge on any atom is 0.422 e. The number of halogens is 3. The van der Waals surface area contributed by atoms with E-state index in [1.807, 2.05) is 0 Å². The van der Waals surface area contributed by atoms with Crippen molar-refractivity contribution >= 4 is 6.09 Å². The molecule has 0 fully saturated rings. The minimum atomic E-state index is -4.45. The van der Waals surface area contributed by atoms with Crippen LogP contribution in [0.25, 0.3) is 0 Å². The van der Waals surface area contributed by atoms with Crippen molar-refractivity contribution in [1.29, 1.82) is 0 Å². The molecule has 0 saturated heterocycles. The van der Waals surface area contributed by atoms with Crippen molar-refractivity contribution in [3.8, 4) is 5.88 Å². The number of amides is 1. The second-order valence-corrected chi connectivity index (χ2v) is 6.13. The summed E-state index contributed by atoms with van der Waals surface area (Å²) in [4.78, 5) is 16.6. The summed E-state index contributed by atoms with van der Waals surface area (Å²) in [5.41, 5.74) is -0.214. The normalized spacial score (nSPS) is 13.5. The molecular formula is C15H21F3N2O4. The molecule has 9 heteroatoms. The average Bonchev–Trinajstić information content (AvgIpc) is 2.42. The number of aromatic nitrogens is 1. The summed E-state index contributed by atoms with van der Waals surface area (Å²) in [5, 5.41) is 9.50. The molecule has 0 aliphatic carbocycles. The Morgan fingerprint density at radius 1 is 1.33 bits per heavy atom. The number of hydrogen-bond donors (Lipinski definition) is 1. The van der Waals surface area contributed by atoms with E-state index in [2.05, 4.69) is 9.72 Å². The third-order valence-electron chi connectivity index (χ3n) is 3.09. The molecular weight excluding hydrogens is 329 g/mol. The average molecular weight is 350 g/mol. The second kappa shape index (κ2) is 7.69. The van der Waals surface area contributed by atoms with E-state index in [4.69, 9.17) is 4.74 Å². The fourth-order valence-electron chi connectivity index (χ4n) is 2.20. The summed E-state index contributed by atoms with van der Waals surface area (Å²) in [6.45, 7) is 3.84. The van der Waals surface area contributed by atoms with Crippen molar-refractivity contribution in [1.82, 2.24) is 9.88 Å². The largest absolute Gasteiger partial charge is 0.468 e. The Kier molecular flexibility index (Phi) is 6.42. The molecule has 0 radical (unpaired) electrons. The van der Waals surface area contributed by atoms with Gasteiger partial charge in [0, 0.05) is 24.9 Å². The van der Waals surface area contributed by atoms with Crippen molar-refractivity contribution in [2.45, 2.75) is 38.5 Å². The zero-order chi connectivity index (χ0) is 18.5. The van der Waals surface area contributed by atoms with Crippen LogP contribution in [-0.4, -0.2) is 53.1 Å². The van der Waals surface area contributed by atoms with Crippen molar-refractivity contribution in [2.24, 2.45) is 0 Å². The third-order valence-corrected chi connectivity index (χ3v) is 3.09. The van der Waals surface area contributed by atoms with E-state index >= 15 is 0 Å². The lowest BCUT2D eigenvalue weighted by molar-refractivity contribution is -0.154. The van der Waals surface area contributed by atoms with E-state index < -0.39 is 30.5 Å². The predicted molar refractivity (Wildman–Crippen MR) is 80.0 cm³/mol. The van der Waals surface area contributed by atoms with Gasteiger partial charge >= 0.3 is 12.3 Å². The van der Waals surface area contributed by atoms with Crippen molar-refractivity contribution in [2.75, 3.05) is 20.3 Å². The molecule has 0 aliphatic rings. The second-order valence-electron chi connectivity index (χ2n) is 6.13. The van der Waals surface area contributed by atoms with Gasteiger partial charge in [-0.2, -0.15) is 13.2 Å². The number of pyridine rings is 1. The molecule has 0 aromatic carbocycles. The molecule has 1 amide bonds. The Bertz CT molecular complexity index is 541. The summed E-state index contributed by atoms with van der Waals surface area (Å²) in [6.07, 6.45) is -4.30. The topological polar surface area (TPSA) is 71.9 Å². The van der Waals surface area contributed by atoms with Crippen LogP contribution < -0.4 is 4.74 Å². The van der Waals surface area contributed by atoms with Crippen LogP contribution in [0.5, 0.6) is 5.88 Å². The first-order valence-electron chi connectivity index (χ1n) is 7.12. The summed E-state index contributed by atoms with van der Waals surface area (Å²) in [7, 11) is 1.43. The quantitative estimate of drug-likeness (QED) is 0.850. The fraction of sp³-hybridized carbons (Fsp3) is 0.600. The minimum Gasteiger partial charge on any atom is -0.468 e. The summed E-state index contributed by atoms with van der Waals surface area (Å²) in [6, 6.07) is 2.09. The Labute approximate surface area is 138 Å². The molecule has 6 nitrogen and oxygen atoms in total. The van der Waals surface area contributed by atoms with Crippen LogP contribution in [0.4, 0.5) is 18.0 Å². The maximum absolute atomic E-state index is 12.1. The van der Waals surface area contributed by atoms with Crippen LogP contribution in [0.2, 0.25) is 0 Å². The first-order valence-corrected chi connectivity index (χ1v) is 7.12. The predicted octanol–water partition coefficient (Wildman–Crippen LogP) is 3.49. The number of nitrogens with zero attached hydrogens (tertiary/aromatic N) is 2. The number of alkyl halides is 3. The zero-order valence-electron chi connectivity index (χ0n) is 13.9. The van der Waals surface area contributed by atoms with Gasteiger partial charge in [-0.05, 0) is 32.4 Å². The molecule has 24 heavy (non-hydrogen) atoms. The zero-order valence-corrected chi connectivity index (χ0v) is 13.9. The molecule has 0 bridgehead atoms. The lowest BCUT2D eigenvalue weighted by atomic mass is 10.00. The van der Waals surface area contributed by atoms with Crippen molar-refractivity contribution in [3.63, 3.8) is 0 Å². The van der Waals surface area contributed by atoms with E-state index in [0.717, 1.165) is 0 Å². The lowest BCUT2D eigenvalue weighted by Crippen LogP contribution is -2.48. The highest BCUT2D eigenvalue weighted by Crippen LogP contribution is 2.29. The standard InChI is InChI=1S/C15H21F3N2O4/c1-14(2,3)20(13(21)22)11(8-23-4)10-5-6-12(19-7-10)24-9-15(16,17)18/h5-7,11H,8-9H2,1-4H3,(H,21,22). The summed E-state index contributed by atoms with van der Waals surface area (Å²) < 4.78 is 46.0. The van der Waals surface area contributed by atoms with Gasteiger partial charge in [-0.1, -0.05) is 0 Å². The first-order chi connectivity index (χ1) is 11.0. The van der Waals surface area contributed by atoms with Crippen LogP contribution >= 0.6 is 0 Å². The minimum absolute atomic E-state index is 0.0774. The molecule has 1 heterocycles. The molecule has 136 valence electrons. The van der Waals surface area contributed by atoms with Crippen molar-refractivity contribution in [3.05, 3.63) is 23.9 Å². The summed E-state index contributed by atoms with van der Waals surface area (Å²) in [5.74, 6) is -0.190. The molecule has 1 atom stereocenters. The molecule has 0 saturated carbocycles. The van der Waals surface area contributed by atoms with Crippen LogP contribution in [0.1, 0.15) is 32.4 Å². The molecule has 1 aromatic heterocycles. The number of rotatable bonds is 6. The highest BCUT2D eigenvalue weighted by molar-refractivity contribution is 5.67. The third kappa shape index (κ3) is 5.88. The van der Waals surface area contributed by atoms with Crippen LogP contribution in [-0.2, 0) is 4.74 Å². The Morgan fingerprint density at radius 2 is 1.96 bits per heavy atom. The smallest absolute Gasteiger partial charge is 0.422 e.